The van der Waals surface area contributed by atoms with E-state index in [1.54, 1.807) is 0 Å². The summed E-state index contributed by atoms with van der Waals surface area (Å²) in [5.41, 5.74) is 7.46. The quantitative estimate of drug-likeness (QED) is 0.430. The second kappa shape index (κ2) is 11.4. The molecule has 192 valence electrons. The van der Waals surface area contributed by atoms with Crippen LogP contribution in [0.4, 0.5) is 0 Å². The Labute approximate surface area is 221 Å². The van der Waals surface area contributed by atoms with Gasteiger partial charge in [-0.1, -0.05) is 84.0 Å². The van der Waals surface area contributed by atoms with Crippen molar-refractivity contribution >= 4 is 6.08 Å². The van der Waals surface area contributed by atoms with Gasteiger partial charge in [0.05, 0.1) is 11.7 Å². The van der Waals surface area contributed by atoms with Gasteiger partial charge in [-0.2, -0.15) is 4.68 Å². The van der Waals surface area contributed by atoms with E-state index in [0.717, 1.165) is 50.7 Å². The first-order chi connectivity index (χ1) is 18.0. The highest BCUT2D eigenvalue weighted by Gasteiger charge is 2.35. The number of piperazine rings is 1. The predicted molar refractivity (Wildman–Crippen MR) is 150 cm³/mol. The maximum absolute atomic E-state index is 4.66. The van der Waals surface area contributed by atoms with Gasteiger partial charge in [-0.25, -0.2) is 0 Å². The third kappa shape index (κ3) is 5.65. The van der Waals surface area contributed by atoms with E-state index in [0.29, 0.717) is 5.92 Å². The van der Waals surface area contributed by atoms with Crippen molar-refractivity contribution in [3.05, 3.63) is 100 Å². The van der Waals surface area contributed by atoms with Crippen molar-refractivity contribution in [1.29, 1.82) is 0 Å². The number of hydrogen-bond donors (Lipinski definition) is 0. The van der Waals surface area contributed by atoms with E-state index in [1.807, 2.05) is 4.68 Å². The lowest BCUT2D eigenvalue weighted by molar-refractivity contribution is 0.0783. The molecular formula is C31H38N6. The van der Waals surface area contributed by atoms with Crippen molar-refractivity contribution in [3.8, 4) is 5.69 Å². The van der Waals surface area contributed by atoms with Crippen LogP contribution in [0.15, 0.2) is 77.9 Å². The molecule has 2 aliphatic rings. The molecule has 2 aromatic carbocycles. The van der Waals surface area contributed by atoms with Crippen molar-refractivity contribution in [1.82, 2.24) is 30.0 Å². The minimum Gasteiger partial charge on any atom is -0.297 e. The van der Waals surface area contributed by atoms with Gasteiger partial charge in [0.15, 0.2) is 5.82 Å². The lowest BCUT2D eigenvalue weighted by Gasteiger charge is -2.41. The summed E-state index contributed by atoms with van der Waals surface area (Å²) in [6.45, 7) is 13.7. The fourth-order valence-electron chi connectivity index (χ4n) is 5.64. The van der Waals surface area contributed by atoms with Crippen LogP contribution >= 0.6 is 0 Å². The number of aromatic nitrogens is 4. The second-order valence-corrected chi connectivity index (χ2v) is 10.4. The Balaban J connectivity index is 1.38. The molecule has 1 aromatic heterocycles. The molecule has 1 aliphatic carbocycles. The zero-order valence-electron chi connectivity index (χ0n) is 22.5. The van der Waals surface area contributed by atoms with E-state index in [9.17, 15) is 0 Å². The largest absolute Gasteiger partial charge is 0.297 e. The molecule has 1 unspecified atom stereocenters. The molecule has 5 rings (SSSR count). The Kier molecular flexibility index (Phi) is 7.77. The van der Waals surface area contributed by atoms with Gasteiger partial charge in [-0.05, 0) is 61.2 Å². The number of allylic oxidation sites excluding steroid dienone is 3. The third-order valence-corrected chi connectivity index (χ3v) is 7.87. The minimum absolute atomic E-state index is 0.121. The first-order valence-electron chi connectivity index (χ1n) is 13.4. The monoisotopic (exact) mass is 494 g/mol. The molecule has 0 N–H and O–H groups in total. The summed E-state index contributed by atoms with van der Waals surface area (Å²) in [5, 5.41) is 13.4. The molecule has 3 aromatic rings. The summed E-state index contributed by atoms with van der Waals surface area (Å²) in [7, 11) is 0. The number of nitrogens with zero attached hydrogens (tertiary/aromatic N) is 6. The van der Waals surface area contributed by atoms with Crippen LogP contribution in [0.5, 0.6) is 0 Å². The molecule has 1 fully saturated rings. The van der Waals surface area contributed by atoms with E-state index < -0.39 is 0 Å². The number of para-hydroxylation sites is 1. The third-order valence-electron chi connectivity index (χ3n) is 7.87. The second-order valence-electron chi connectivity index (χ2n) is 10.4. The van der Waals surface area contributed by atoms with E-state index >= 15 is 0 Å². The molecule has 1 aliphatic heterocycles. The van der Waals surface area contributed by atoms with Gasteiger partial charge in [0.2, 0.25) is 0 Å². The number of rotatable bonds is 7. The summed E-state index contributed by atoms with van der Waals surface area (Å²) in [6.07, 6.45) is 10.3. The van der Waals surface area contributed by atoms with E-state index in [1.165, 1.54) is 27.8 Å². The molecule has 2 heterocycles. The Morgan fingerprint density at radius 2 is 1.62 bits per heavy atom. The van der Waals surface area contributed by atoms with E-state index in [-0.39, 0.29) is 6.04 Å². The van der Waals surface area contributed by atoms with Crippen LogP contribution in [-0.4, -0.2) is 62.7 Å². The lowest BCUT2D eigenvalue weighted by Crippen LogP contribution is -2.49. The molecule has 6 nitrogen and oxygen atoms in total. The maximum atomic E-state index is 4.66. The molecule has 0 spiro atoms. The standard InChI is InChI=1S/C31H38N6/c1-23-15-16-28(22-26(23)4)30(31-32-33-34-37(31)29-24(2)10-8-11-25(29)3)36-20-18-35(19-21-36)17-9-14-27-12-6-5-7-13-27/h5-15,22,28,30H,16-21H2,1-4H3/b14-9+/t28?,30-/m0/s1. The summed E-state index contributed by atoms with van der Waals surface area (Å²) in [5.74, 6) is 1.28. The highest BCUT2D eigenvalue weighted by Crippen LogP contribution is 2.37. The van der Waals surface area contributed by atoms with Gasteiger partial charge in [0, 0.05) is 38.6 Å². The topological polar surface area (TPSA) is 50.1 Å². The molecule has 2 atom stereocenters. The normalized spacial score (nSPS) is 20.2. The van der Waals surface area contributed by atoms with Crippen LogP contribution in [0.25, 0.3) is 11.8 Å². The maximum Gasteiger partial charge on any atom is 0.174 e. The number of hydrogen-bond acceptors (Lipinski definition) is 5. The minimum atomic E-state index is 0.121. The lowest BCUT2D eigenvalue weighted by atomic mass is 9.85. The average Bonchev–Trinajstić information content (AvgIpc) is 3.36. The van der Waals surface area contributed by atoms with Gasteiger partial charge in [0.25, 0.3) is 0 Å². The van der Waals surface area contributed by atoms with Gasteiger partial charge >= 0.3 is 0 Å². The SMILES string of the molecule is CC1=CCC([C@@H](c2nnnn2-c2c(C)cccc2C)N2CCN(C/C=C/c3ccccc3)CC2)C=C1C. The molecule has 0 radical (unpaired) electrons. The summed E-state index contributed by atoms with van der Waals surface area (Å²) in [4.78, 5) is 5.14. The van der Waals surface area contributed by atoms with Gasteiger partial charge < -0.3 is 0 Å². The molecule has 0 bridgehead atoms. The first kappa shape index (κ1) is 25.3. The van der Waals surface area contributed by atoms with Crippen LogP contribution in [0.1, 0.15) is 48.8 Å². The van der Waals surface area contributed by atoms with Crippen LogP contribution in [-0.2, 0) is 0 Å². The Bertz CT molecular complexity index is 1270. The van der Waals surface area contributed by atoms with Crippen molar-refractivity contribution in [3.63, 3.8) is 0 Å². The molecule has 6 heteroatoms. The molecular weight excluding hydrogens is 456 g/mol. The summed E-state index contributed by atoms with van der Waals surface area (Å²) in [6, 6.07) is 17.0. The van der Waals surface area contributed by atoms with E-state index in [4.69, 9.17) is 0 Å². The molecule has 37 heavy (non-hydrogen) atoms. The zero-order valence-corrected chi connectivity index (χ0v) is 22.5. The highest BCUT2D eigenvalue weighted by molar-refractivity contribution is 5.49. The van der Waals surface area contributed by atoms with Crippen LogP contribution in [0, 0.1) is 19.8 Å². The van der Waals surface area contributed by atoms with Crippen molar-refractivity contribution in [2.75, 3.05) is 32.7 Å². The predicted octanol–water partition coefficient (Wildman–Crippen LogP) is 5.56. The van der Waals surface area contributed by atoms with Gasteiger partial charge in [-0.15, -0.1) is 5.10 Å². The van der Waals surface area contributed by atoms with Crippen LogP contribution in [0.3, 0.4) is 0 Å². The Hall–Kier alpha value is -3.35. The fourth-order valence-corrected chi connectivity index (χ4v) is 5.64. The molecule has 0 amide bonds. The van der Waals surface area contributed by atoms with Gasteiger partial charge in [0.1, 0.15) is 0 Å². The van der Waals surface area contributed by atoms with Crippen molar-refractivity contribution < 1.29 is 0 Å². The first-order valence-corrected chi connectivity index (χ1v) is 13.4. The smallest absolute Gasteiger partial charge is 0.174 e. The molecule has 1 saturated heterocycles. The zero-order chi connectivity index (χ0) is 25.8. The number of benzene rings is 2. The fraction of sp³-hybridized carbons (Fsp3) is 0.387. The number of tetrazole rings is 1. The Morgan fingerprint density at radius 3 is 2.32 bits per heavy atom. The average molecular weight is 495 g/mol. The van der Waals surface area contributed by atoms with Crippen LogP contribution in [0.2, 0.25) is 0 Å². The Morgan fingerprint density at radius 1 is 0.892 bits per heavy atom. The van der Waals surface area contributed by atoms with Crippen molar-refractivity contribution in [2.24, 2.45) is 5.92 Å². The highest BCUT2D eigenvalue weighted by atomic mass is 15.6. The van der Waals surface area contributed by atoms with Crippen LogP contribution < -0.4 is 0 Å². The molecule has 0 saturated carbocycles. The summed E-state index contributed by atoms with van der Waals surface area (Å²) >= 11 is 0. The van der Waals surface area contributed by atoms with E-state index in [2.05, 4.69) is 126 Å². The summed E-state index contributed by atoms with van der Waals surface area (Å²) < 4.78 is 2.00. The van der Waals surface area contributed by atoms with Gasteiger partial charge in [-0.3, -0.25) is 9.80 Å². The number of aryl methyl sites for hydroxylation is 2. The van der Waals surface area contributed by atoms with Crippen molar-refractivity contribution in [2.45, 2.75) is 40.2 Å².